The first-order chi connectivity index (χ1) is 9.10. The summed E-state index contributed by atoms with van der Waals surface area (Å²) in [5.74, 6) is 0.983. The molecule has 106 valence electrons. The first kappa shape index (κ1) is 14.5. The summed E-state index contributed by atoms with van der Waals surface area (Å²) in [6, 6.07) is 0. The molecule has 0 aliphatic carbocycles. The monoisotopic (exact) mass is 280 g/mol. The van der Waals surface area contributed by atoms with Crippen LogP contribution in [0.2, 0.25) is 0 Å². The van der Waals surface area contributed by atoms with E-state index in [-0.39, 0.29) is 5.84 Å². The Hall–Kier alpha value is -0.940. The molecule has 4 nitrogen and oxygen atoms in total. The maximum Gasteiger partial charge on any atom is 0.135 e. The van der Waals surface area contributed by atoms with Crippen LogP contribution in [0, 0.1) is 11.3 Å². The Morgan fingerprint density at radius 3 is 2.95 bits per heavy atom. The van der Waals surface area contributed by atoms with Crippen molar-refractivity contribution in [2.24, 2.45) is 11.7 Å². The van der Waals surface area contributed by atoms with Gasteiger partial charge in [-0.2, -0.15) is 0 Å². The number of aromatic nitrogens is 1. The molecular formula is C14H24N4S. The van der Waals surface area contributed by atoms with E-state index in [1.807, 2.05) is 0 Å². The summed E-state index contributed by atoms with van der Waals surface area (Å²) in [6.07, 6.45) is 4.52. The fourth-order valence-electron chi connectivity index (χ4n) is 2.70. The van der Waals surface area contributed by atoms with E-state index in [0.717, 1.165) is 40.9 Å². The normalized spacial score (nSPS) is 20.6. The Bertz CT molecular complexity index is 441. The van der Waals surface area contributed by atoms with Gasteiger partial charge in [0.2, 0.25) is 0 Å². The number of nitrogen functional groups attached to an aromatic ring is 1. The van der Waals surface area contributed by atoms with E-state index >= 15 is 0 Å². The van der Waals surface area contributed by atoms with Crippen LogP contribution in [0.4, 0.5) is 0 Å². The van der Waals surface area contributed by atoms with Crippen molar-refractivity contribution in [2.75, 3.05) is 19.6 Å². The molecule has 1 aromatic heterocycles. The van der Waals surface area contributed by atoms with E-state index < -0.39 is 0 Å². The van der Waals surface area contributed by atoms with Gasteiger partial charge in [-0.05, 0) is 31.7 Å². The van der Waals surface area contributed by atoms with Crippen LogP contribution >= 0.6 is 11.3 Å². The fourth-order valence-corrected chi connectivity index (χ4v) is 3.70. The van der Waals surface area contributed by atoms with Gasteiger partial charge >= 0.3 is 0 Å². The van der Waals surface area contributed by atoms with Crippen molar-refractivity contribution in [1.82, 2.24) is 9.88 Å². The molecule has 1 atom stereocenters. The Balaban J connectivity index is 1.94. The van der Waals surface area contributed by atoms with Crippen LogP contribution in [0.25, 0.3) is 0 Å². The number of nitrogens with zero attached hydrogens (tertiary/aromatic N) is 2. The van der Waals surface area contributed by atoms with Gasteiger partial charge in [0.15, 0.2) is 0 Å². The van der Waals surface area contributed by atoms with Gasteiger partial charge in [0, 0.05) is 19.5 Å². The van der Waals surface area contributed by atoms with Crippen LogP contribution in [-0.2, 0) is 12.8 Å². The minimum atomic E-state index is 0.159. The number of hydrogen-bond donors (Lipinski definition) is 2. The zero-order valence-corrected chi connectivity index (χ0v) is 12.7. The zero-order chi connectivity index (χ0) is 13.8. The van der Waals surface area contributed by atoms with Crippen LogP contribution in [0.15, 0.2) is 0 Å². The van der Waals surface area contributed by atoms with E-state index in [1.165, 1.54) is 25.9 Å². The zero-order valence-electron chi connectivity index (χ0n) is 11.9. The summed E-state index contributed by atoms with van der Waals surface area (Å²) in [7, 11) is 0. The molecule has 0 radical (unpaired) electrons. The molecule has 2 heterocycles. The molecule has 0 aromatic carbocycles. The smallest absolute Gasteiger partial charge is 0.135 e. The summed E-state index contributed by atoms with van der Waals surface area (Å²) >= 11 is 1.59. The van der Waals surface area contributed by atoms with Gasteiger partial charge in [-0.3, -0.25) is 5.41 Å². The number of thiazole rings is 1. The average molecular weight is 280 g/mol. The fraction of sp³-hybridized carbons (Fsp3) is 0.714. The SMILES string of the molecule is CCc1nc(CCN2CCCC(C)C2)sc1C(=N)N. The highest BCUT2D eigenvalue weighted by molar-refractivity contribution is 7.13. The molecular weight excluding hydrogens is 256 g/mol. The number of aryl methyl sites for hydroxylation is 1. The number of amidine groups is 1. The van der Waals surface area contributed by atoms with Gasteiger partial charge in [-0.15, -0.1) is 11.3 Å². The highest BCUT2D eigenvalue weighted by Crippen LogP contribution is 2.21. The topological polar surface area (TPSA) is 66.0 Å². The molecule has 1 saturated heterocycles. The first-order valence-electron chi connectivity index (χ1n) is 7.15. The summed E-state index contributed by atoms with van der Waals surface area (Å²) in [5, 5.41) is 8.71. The quantitative estimate of drug-likeness (QED) is 0.642. The van der Waals surface area contributed by atoms with Gasteiger partial charge in [0.25, 0.3) is 0 Å². The lowest BCUT2D eigenvalue weighted by molar-refractivity contribution is 0.186. The van der Waals surface area contributed by atoms with Crippen molar-refractivity contribution in [2.45, 2.75) is 39.5 Å². The molecule has 5 heteroatoms. The third-order valence-electron chi connectivity index (χ3n) is 3.70. The highest BCUT2D eigenvalue weighted by Gasteiger charge is 2.17. The van der Waals surface area contributed by atoms with E-state index in [9.17, 15) is 0 Å². The van der Waals surface area contributed by atoms with Crippen molar-refractivity contribution in [3.63, 3.8) is 0 Å². The van der Waals surface area contributed by atoms with Crippen molar-refractivity contribution < 1.29 is 0 Å². The largest absolute Gasteiger partial charge is 0.383 e. The summed E-state index contributed by atoms with van der Waals surface area (Å²) in [5.41, 5.74) is 6.59. The predicted molar refractivity (Wildman–Crippen MR) is 81.1 cm³/mol. The van der Waals surface area contributed by atoms with Gasteiger partial charge < -0.3 is 10.6 Å². The molecule has 2 rings (SSSR count). The first-order valence-corrected chi connectivity index (χ1v) is 7.97. The third kappa shape index (κ3) is 3.76. The minimum absolute atomic E-state index is 0.159. The third-order valence-corrected chi connectivity index (χ3v) is 4.89. The maximum absolute atomic E-state index is 7.59. The number of nitrogens with one attached hydrogen (secondary N) is 1. The molecule has 1 aliphatic rings. The molecule has 1 aliphatic heterocycles. The van der Waals surface area contributed by atoms with Crippen LogP contribution in [0.1, 0.15) is 42.3 Å². The van der Waals surface area contributed by atoms with Crippen molar-refractivity contribution >= 4 is 17.2 Å². The van der Waals surface area contributed by atoms with Crippen molar-refractivity contribution in [3.8, 4) is 0 Å². The van der Waals surface area contributed by atoms with Gasteiger partial charge in [-0.1, -0.05) is 13.8 Å². The van der Waals surface area contributed by atoms with Crippen LogP contribution < -0.4 is 5.73 Å². The van der Waals surface area contributed by atoms with E-state index in [1.54, 1.807) is 11.3 Å². The van der Waals surface area contributed by atoms with Gasteiger partial charge in [-0.25, -0.2) is 4.98 Å². The van der Waals surface area contributed by atoms with Crippen LogP contribution in [0.5, 0.6) is 0 Å². The Kier molecular flexibility index (Phi) is 4.93. The Labute approximate surface area is 119 Å². The molecule has 1 aromatic rings. The van der Waals surface area contributed by atoms with Crippen molar-refractivity contribution in [1.29, 1.82) is 5.41 Å². The molecule has 0 spiro atoms. The maximum atomic E-state index is 7.59. The lowest BCUT2D eigenvalue weighted by atomic mass is 10.0. The average Bonchev–Trinajstić information content (AvgIpc) is 2.80. The highest BCUT2D eigenvalue weighted by atomic mass is 32.1. The van der Waals surface area contributed by atoms with Crippen molar-refractivity contribution in [3.05, 3.63) is 15.6 Å². The summed E-state index contributed by atoms with van der Waals surface area (Å²) < 4.78 is 0. The Morgan fingerprint density at radius 1 is 1.58 bits per heavy atom. The van der Waals surface area contributed by atoms with Gasteiger partial charge in [0.1, 0.15) is 5.84 Å². The minimum Gasteiger partial charge on any atom is -0.383 e. The lowest BCUT2D eigenvalue weighted by Crippen LogP contribution is -2.35. The van der Waals surface area contributed by atoms with Gasteiger partial charge in [0.05, 0.1) is 15.6 Å². The second-order valence-electron chi connectivity index (χ2n) is 5.45. The molecule has 1 unspecified atom stereocenters. The molecule has 0 bridgehead atoms. The van der Waals surface area contributed by atoms with E-state index in [4.69, 9.17) is 11.1 Å². The summed E-state index contributed by atoms with van der Waals surface area (Å²) in [4.78, 5) is 8.03. The second-order valence-corrected chi connectivity index (χ2v) is 6.53. The molecule has 0 amide bonds. The number of piperidine rings is 1. The molecule has 19 heavy (non-hydrogen) atoms. The standard InChI is InChI=1S/C14H24N4S/c1-3-11-13(14(15)16)19-12(17-11)6-8-18-7-4-5-10(2)9-18/h10H,3-9H2,1-2H3,(H3,15,16). The van der Waals surface area contributed by atoms with Crippen LogP contribution in [-0.4, -0.2) is 35.4 Å². The number of rotatable bonds is 5. The Morgan fingerprint density at radius 2 is 2.37 bits per heavy atom. The lowest BCUT2D eigenvalue weighted by Gasteiger charge is -2.30. The van der Waals surface area contributed by atoms with E-state index in [2.05, 4.69) is 23.7 Å². The van der Waals surface area contributed by atoms with Crippen LogP contribution in [0.3, 0.4) is 0 Å². The molecule has 3 N–H and O–H groups in total. The number of hydrogen-bond acceptors (Lipinski definition) is 4. The number of likely N-dealkylation sites (tertiary alicyclic amines) is 1. The molecule has 1 fully saturated rings. The predicted octanol–water partition coefficient (Wildman–Crippen LogP) is 2.26. The molecule has 0 saturated carbocycles. The summed E-state index contributed by atoms with van der Waals surface area (Å²) in [6.45, 7) is 7.91. The number of nitrogens with two attached hydrogens (primary N) is 1. The second kappa shape index (κ2) is 6.48. The van der Waals surface area contributed by atoms with E-state index in [0.29, 0.717) is 0 Å².